The van der Waals surface area contributed by atoms with Gasteiger partial charge in [-0.3, -0.25) is 9.78 Å². The summed E-state index contributed by atoms with van der Waals surface area (Å²) in [6.07, 6.45) is 1.75. The highest BCUT2D eigenvalue weighted by molar-refractivity contribution is 6.05. The molecular formula is C19H18N2O. The van der Waals surface area contributed by atoms with Gasteiger partial charge in [0.2, 0.25) is 0 Å². The Balaban J connectivity index is 1.80. The van der Waals surface area contributed by atoms with Gasteiger partial charge in [0, 0.05) is 22.8 Å². The molecule has 0 saturated carbocycles. The Morgan fingerprint density at radius 1 is 1.05 bits per heavy atom. The largest absolute Gasteiger partial charge is 0.322 e. The van der Waals surface area contributed by atoms with Crippen molar-refractivity contribution in [2.75, 3.05) is 5.32 Å². The number of carbonyl (C=O) groups excluding carboxylic acids is 1. The normalized spacial score (nSPS) is 10.9. The summed E-state index contributed by atoms with van der Waals surface area (Å²) < 4.78 is 0. The molecule has 0 bridgehead atoms. The first-order chi connectivity index (χ1) is 10.6. The fourth-order valence-corrected chi connectivity index (χ4v) is 2.37. The number of nitrogens with one attached hydrogen (secondary N) is 1. The minimum atomic E-state index is -0.106. The monoisotopic (exact) mass is 290 g/mol. The maximum Gasteiger partial charge on any atom is 0.255 e. The Morgan fingerprint density at radius 2 is 1.82 bits per heavy atom. The van der Waals surface area contributed by atoms with Gasteiger partial charge in [-0.15, -0.1) is 0 Å². The molecule has 1 N–H and O–H groups in total. The first kappa shape index (κ1) is 14.3. The Labute approximate surface area is 130 Å². The molecule has 0 aliphatic heterocycles. The maximum absolute atomic E-state index is 12.3. The molecule has 0 radical (unpaired) electrons. The molecule has 3 aromatic rings. The van der Waals surface area contributed by atoms with E-state index in [-0.39, 0.29) is 5.91 Å². The van der Waals surface area contributed by atoms with Gasteiger partial charge in [-0.2, -0.15) is 0 Å². The first-order valence-electron chi connectivity index (χ1n) is 7.39. The van der Waals surface area contributed by atoms with E-state index in [1.165, 1.54) is 5.56 Å². The molecule has 3 rings (SSSR count). The van der Waals surface area contributed by atoms with E-state index in [2.05, 4.69) is 24.1 Å². The van der Waals surface area contributed by atoms with Crippen molar-refractivity contribution < 1.29 is 4.79 Å². The zero-order chi connectivity index (χ0) is 15.5. The quantitative estimate of drug-likeness (QED) is 0.765. The Hall–Kier alpha value is -2.68. The van der Waals surface area contributed by atoms with Crippen LogP contribution in [0.15, 0.2) is 60.8 Å². The van der Waals surface area contributed by atoms with Gasteiger partial charge in [-0.25, -0.2) is 0 Å². The van der Waals surface area contributed by atoms with E-state index >= 15 is 0 Å². The number of amides is 1. The number of pyridine rings is 1. The van der Waals surface area contributed by atoms with Crippen molar-refractivity contribution in [2.24, 2.45) is 0 Å². The lowest BCUT2D eigenvalue weighted by Crippen LogP contribution is -2.11. The van der Waals surface area contributed by atoms with Crippen molar-refractivity contribution in [2.45, 2.75) is 19.8 Å². The number of benzene rings is 2. The standard InChI is InChI=1S/C19H18N2O/c1-13(2)14-5-7-16(8-6-14)19(22)21-17-10-9-15-4-3-11-20-18(15)12-17/h3-13H,1-2H3,(H,21,22). The van der Waals surface area contributed by atoms with Crippen LogP contribution in [-0.4, -0.2) is 10.9 Å². The summed E-state index contributed by atoms with van der Waals surface area (Å²) in [7, 11) is 0. The summed E-state index contributed by atoms with van der Waals surface area (Å²) in [5.74, 6) is 0.356. The van der Waals surface area contributed by atoms with Gasteiger partial charge in [0.05, 0.1) is 5.52 Å². The van der Waals surface area contributed by atoms with Crippen LogP contribution in [0.4, 0.5) is 5.69 Å². The molecule has 2 aromatic carbocycles. The highest BCUT2D eigenvalue weighted by Crippen LogP contribution is 2.19. The van der Waals surface area contributed by atoms with E-state index in [1.54, 1.807) is 6.20 Å². The Bertz CT molecular complexity index is 807. The van der Waals surface area contributed by atoms with Gasteiger partial charge in [-0.05, 0) is 41.8 Å². The van der Waals surface area contributed by atoms with Gasteiger partial charge in [0.25, 0.3) is 5.91 Å². The highest BCUT2D eigenvalue weighted by atomic mass is 16.1. The van der Waals surface area contributed by atoms with Crippen LogP contribution < -0.4 is 5.32 Å². The van der Waals surface area contributed by atoms with Crippen LogP contribution in [0.5, 0.6) is 0 Å². The molecule has 0 unspecified atom stereocenters. The van der Waals surface area contributed by atoms with Crippen molar-refractivity contribution >= 4 is 22.5 Å². The molecule has 22 heavy (non-hydrogen) atoms. The number of carbonyl (C=O) groups is 1. The van der Waals surface area contributed by atoms with E-state index in [0.717, 1.165) is 16.6 Å². The summed E-state index contributed by atoms with van der Waals surface area (Å²) in [5, 5.41) is 3.98. The lowest BCUT2D eigenvalue weighted by atomic mass is 10.0. The maximum atomic E-state index is 12.3. The minimum Gasteiger partial charge on any atom is -0.322 e. The second-order valence-corrected chi connectivity index (χ2v) is 5.64. The summed E-state index contributed by atoms with van der Waals surface area (Å²) in [5.41, 5.74) is 3.51. The summed E-state index contributed by atoms with van der Waals surface area (Å²) in [6, 6.07) is 17.4. The third-order valence-electron chi connectivity index (χ3n) is 3.70. The summed E-state index contributed by atoms with van der Waals surface area (Å²) in [6.45, 7) is 4.27. The van der Waals surface area contributed by atoms with Crippen molar-refractivity contribution in [3.05, 3.63) is 71.9 Å². The number of hydrogen-bond donors (Lipinski definition) is 1. The van der Waals surface area contributed by atoms with Crippen molar-refractivity contribution in [3.8, 4) is 0 Å². The zero-order valence-electron chi connectivity index (χ0n) is 12.7. The van der Waals surface area contributed by atoms with Gasteiger partial charge in [0.1, 0.15) is 0 Å². The number of hydrogen-bond acceptors (Lipinski definition) is 2. The smallest absolute Gasteiger partial charge is 0.255 e. The van der Waals surface area contributed by atoms with E-state index in [0.29, 0.717) is 11.5 Å². The van der Waals surface area contributed by atoms with Crippen LogP contribution in [0.2, 0.25) is 0 Å². The molecule has 0 atom stereocenters. The number of nitrogens with zero attached hydrogens (tertiary/aromatic N) is 1. The van der Waals surface area contributed by atoms with Crippen molar-refractivity contribution in [1.82, 2.24) is 4.98 Å². The lowest BCUT2D eigenvalue weighted by molar-refractivity contribution is 0.102. The van der Waals surface area contributed by atoms with Crippen LogP contribution in [0.25, 0.3) is 10.9 Å². The molecule has 3 heteroatoms. The van der Waals surface area contributed by atoms with Crippen molar-refractivity contribution in [3.63, 3.8) is 0 Å². The second-order valence-electron chi connectivity index (χ2n) is 5.64. The molecule has 110 valence electrons. The predicted octanol–water partition coefficient (Wildman–Crippen LogP) is 4.61. The van der Waals surface area contributed by atoms with Crippen LogP contribution in [-0.2, 0) is 0 Å². The summed E-state index contributed by atoms with van der Waals surface area (Å²) in [4.78, 5) is 16.6. The lowest BCUT2D eigenvalue weighted by Gasteiger charge is -2.08. The average molecular weight is 290 g/mol. The molecular weight excluding hydrogens is 272 g/mol. The van der Waals surface area contributed by atoms with Gasteiger partial charge in [-0.1, -0.05) is 38.1 Å². The fourth-order valence-electron chi connectivity index (χ4n) is 2.37. The van der Waals surface area contributed by atoms with E-state index < -0.39 is 0 Å². The number of fused-ring (bicyclic) bond motifs is 1. The fraction of sp³-hybridized carbons (Fsp3) is 0.158. The van der Waals surface area contributed by atoms with E-state index in [1.807, 2.05) is 54.6 Å². The second kappa shape index (κ2) is 5.98. The first-order valence-corrected chi connectivity index (χ1v) is 7.39. The summed E-state index contributed by atoms with van der Waals surface area (Å²) >= 11 is 0. The molecule has 1 heterocycles. The number of aromatic nitrogens is 1. The highest BCUT2D eigenvalue weighted by Gasteiger charge is 2.07. The van der Waals surface area contributed by atoms with Gasteiger partial charge < -0.3 is 5.32 Å². The SMILES string of the molecule is CC(C)c1ccc(C(=O)Nc2ccc3cccnc3c2)cc1. The third kappa shape index (κ3) is 2.98. The van der Waals surface area contributed by atoms with Crippen LogP contribution in [0.3, 0.4) is 0 Å². The van der Waals surface area contributed by atoms with Gasteiger partial charge in [0.15, 0.2) is 0 Å². The third-order valence-corrected chi connectivity index (χ3v) is 3.70. The Kier molecular flexibility index (Phi) is 3.88. The van der Waals surface area contributed by atoms with Crippen molar-refractivity contribution in [1.29, 1.82) is 0 Å². The van der Waals surface area contributed by atoms with Crippen LogP contribution >= 0.6 is 0 Å². The minimum absolute atomic E-state index is 0.106. The molecule has 0 spiro atoms. The van der Waals surface area contributed by atoms with Crippen LogP contribution in [0.1, 0.15) is 35.7 Å². The predicted molar refractivity (Wildman–Crippen MR) is 90.2 cm³/mol. The van der Waals surface area contributed by atoms with Gasteiger partial charge >= 0.3 is 0 Å². The number of rotatable bonds is 3. The molecule has 1 aromatic heterocycles. The molecule has 0 saturated heterocycles. The molecule has 0 aliphatic rings. The topological polar surface area (TPSA) is 42.0 Å². The Morgan fingerprint density at radius 3 is 2.55 bits per heavy atom. The molecule has 3 nitrogen and oxygen atoms in total. The van der Waals surface area contributed by atoms with Crippen LogP contribution in [0, 0.1) is 0 Å². The number of anilines is 1. The molecule has 1 amide bonds. The van der Waals surface area contributed by atoms with E-state index in [9.17, 15) is 4.79 Å². The molecule has 0 fully saturated rings. The molecule has 0 aliphatic carbocycles. The van der Waals surface area contributed by atoms with E-state index in [4.69, 9.17) is 0 Å². The zero-order valence-corrected chi connectivity index (χ0v) is 12.7. The average Bonchev–Trinajstić information content (AvgIpc) is 2.55.